The highest BCUT2D eigenvalue weighted by Crippen LogP contribution is 2.26. The number of carbonyl (C=O) groups is 1. The molecule has 0 bridgehead atoms. The molecule has 0 saturated heterocycles. The van der Waals surface area contributed by atoms with E-state index in [4.69, 9.17) is 4.74 Å². The van der Waals surface area contributed by atoms with Crippen molar-refractivity contribution in [2.45, 2.75) is 12.8 Å². The molecule has 0 unspecified atom stereocenters. The van der Waals surface area contributed by atoms with Gasteiger partial charge in [-0.05, 0) is 57.2 Å². The molecule has 0 aliphatic rings. The zero-order chi connectivity index (χ0) is 18.5. The van der Waals surface area contributed by atoms with Crippen LogP contribution in [0.1, 0.15) is 17.5 Å². The molecule has 27 heavy (non-hydrogen) atoms. The molecule has 0 amide bonds. The second kappa shape index (κ2) is 7.88. The number of fused-ring (bicyclic) bond motifs is 2. The third kappa shape index (κ3) is 3.90. The highest BCUT2D eigenvalue weighted by atomic mass is 16.5. The van der Waals surface area contributed by atoms with E-state index in [1.165, 1.54) is 27.1 Å². The summed E-state index contributed by atoms with van der Waals surface area (Å²) in [7, 11) is 0. The predicted octanol–water partition coefficient (Wildman–Crippen LogP) is 6.14. The molecular weight excluding hydrogens is 332 g/mol. The Balaban J connectivity index is 1.60. The van der Waals surface area contributed by atoms with Crippen LogP contribution in [0.3, 0.4) is 0 Å². The summed E-state index contributed by atoms with van der Waals surface area (Å²) in [4.78, 5) is 10.7. The minimum Gasteiger partial charge on any atom is -0.436 e. The molecule has 0 aliphatic heterocycles. The van der Waals surface area contributed by atoms with Gasteiger partial charge < -0.3 is 4.74 Å². The lowest BCUT2D eigenvalue weighted by molar-refractivity contribution is -0.123. The molecule has 4 aromatic carbocycles. The van der Waals surface area contributed by atoms with Crippen molar-refractivity contribution in [2.24, 2.45) is 0 Å². The normalized spacial score (nSPS) is 11.6. The number of hydrogen-bond acceptors (Lipinski definition) is 2. The van der Waals surface area contributed by atoms with Gasteiger partial charge in [-0.1, -0.05) is 78.9 Å². The molecule has 4 aromatic rings. The molecule has 0 fully saturated rings. The highest BCUT2D eigenvalue weighted by Gasteiger charge is 2.06. The van der Waals surface area contributed by atoms with Crippen LogP contribution >= 0.6 is 0 Å². The Bertz CT molecular complexity index is 1130. The van der Waals surface area contributed by atoms with E-state index in [0.29, 0.717) is 6.47 Å². The van der Waals surface area contributed by atoms with Crippen molar-refractivity contribution < 1.29 is 9.53 Å². The topological polar surface area (TPSA) is 26.3 Å². The first-order chi connectivity index (χ1) is 13.3. The van der Waals surface area contributed by atoms with Crippen LogP contribution in [0.15, 0.2) is 91.2 Å². The molecule has 0 saturated carbocycles. The second-order valence-corrected chi connectivity index (χ2v) is 6.62. The fourth-order valence-electron chi connectivity index (χ4n) is 3.44. The predicted molar refractivity (Wildman–Crippen MR) is 111 cm³/mol. The third-order valence-corrected chi connectivity index (χ3v) is 4.88. The molecule has 2 heteroatoms. The molecule has 0 aliphatic carbocycles. The third-order valence-electron chi connectivity index (χ3n) is 4.88. The van der Waals surface area contributed by atoms with E-state index in [1.54, 1.807) is 6.26 Å². The summed E-state index contributed by atoms with van der Waals surface area (Å²) in [5.74, 6) is 0. The van der Waals surface area contributed by atoms with Crippen LogP contribution in [-0.2, 0) is 16.0 Å². The Morgan fingerprint density at radius 1 is 0.741 bits per heavy atom. The standard InChI is InChI=1S/C25H20O2/c26-18-27-17-25(24-14-13-21-6-2-4-8-23(21)16-24)12-10-19-9-11-20-5-1-3-7-22(20)15-19/h1-9,11,13-18H,10,12H2. The Kier molecular flexibility index (Phi) is 4.97. The van der Waals surface area contributed by atoms with E-state index in [0.717, 1.165) is 24.0 Å². The molecule has 0 N–H and O–H groups in total. The summed E-state index contributed by atoms with van der Waals surface area (Å²) < 4.78 is 4.98. The van der Waals surface area contributed by atoms with Crippen molar-refractivity contribution >= 4 is 33.6 Å². The Hall–Kier alpha value is -3.39. The largest absolute Gasteiger partial charge is 0.436 e. The maximum atomic E-state index is 10.7. The summed E-state index contributed by atoms with van der Waals surface area (Å²) in [5, 5.41) is 4.87. The van der Waals surface area contributed by atoms with Crippen LogP contribution in [-0.4, -0.2) is 6.47 Å². The number of rotatable bonds is 6. The number of allylic oxidation sites excluding steroid dienone is 1. The van der Waals surface area contributed by atoms with Crippen molar-refractivity contribution in [1.82, 2.24) is 0 Å². The van der Waals surface area contributed by atoms with Gasteiger partial charge >= 0.3 is 0 Å². The maximum Gasteiger partial charge on any atom is 0.297 e. The first-order valence-electron chi connectivity index (χ1n) is 9.08. The van der Waals surface area contributed by atoms with Gasteiger partial charge in [0.2, 0.25) is 0 Å². The minimum absolute atomic E-state index is 0.469. The summed E-state index contributed by atoms with van der Waals surface area (Å²) >= 11 is 0. The molecule has 4 rings (SSSR count). The van der Waals surface area contributed by atoms with Gasteiger partial charge in [0.25, 0.3) is 6.47 Å². The van der Waals surface area contributed by atoms with Gasteiger partial charge in [0.15, 0.2) is 0 Å². The van der Waals surface area contributed by atoms with Crippen molar-refractivity contribution in [2.75, 3.05) is 0 Å². The van der Waals surface area contributed by atoms with Gasteiger partial charge in [-0.3, -0.25) is 4.79 Å². The van der Waals surface area contributed by atoms with Crippen molar-refractivity contribution in [3.05, 3.63) is 102 Å². The second-order valence-electron chi connectivity index (χ2n) is 6.62. The summed E-state index contributed by atoms with van der Waals surface area (Å²) in [6.45, 7) is 0.469. The molecule has 0 radical (unpaired) electrons. The number of hydrogen-bond donors (Lipinski definition) is 0. The fraction of sp³-hybridized carbons (Fsp3) is 0.0800. The average molecular weight is 352 g/mol. The van der Waals surface area contributed by atoms with Crippen molar-refractivity contribution in [3.8, 4) is 0 Å². The molecule has 0 aromatic heterocycles. The van der Waals surface area contributed by atoms with Crippen LogP contribution in [0.25, 0.3) is 27.1 Å². The fourth-order valence-corrected chi connectivity index (χ4v) is 3.44. The summed E-state index contributed by atoms with van der Waals surface area (Å²) in [6.07, 6.45) is 3.24. The number of carbonyl (C=O) groups excluding carboxylic acids is 1. The number of ether oxygens (including phenoxy) is 1. The minimum atomic E-state index is 0.469. The summed E-state index contributed by atoms with van der Waals surface area (Å²) in [6, 6.07) is 29.5. The first kappa shape index (κ1) is 17.0. The van der Waals surface area contributed by atoms with E-state index in [-0.39, 0.29) is 0 Å². The molecule has 132 valence electrons. The van der Waals surface area contributed by atoms with Gasteiger partial charge in [0, 0.05) is 0 Å². The van der Waals surface area contributed by atoms with Crippen LogP contribution in [0.5, 0.6) is 0 Å². The van der Waals surface area contributed by atoms with Crippen LogP contribution in [0.2, 0.25) is 0 Å². The van der Waals surface area contributed by atoms with Crippen LogP contribution in [0, 0.1) is 0 Å². The van der Waals surface area contributed by atoms with E-state index in [1.807, 2.05) is 12.1 Å². The van der Waals surface area contributed by atoms with E-state index >= 15 is 0 Å². The van der Waals surface area contributed by atoms with E-state index < -0.39 is 0 Å². The molecular formula is C25H20O2. The first-order valence-corrected chi connectivity index (χ1v) is 9.08. The Morgan fingerprint density at radius 3 is 2.07 bits per heavy atom. The van der Waals surface area contributed by atoms with Gasteiger partial charge in [0.1, 0.15) is 0 Å². The maximum absolute atomic E-state index is 10.7. The molecule has 2 nitrogen and oxygen atoms in total. The van der Waals surface area contributed by atoms with Crippen molar-refractivity contribution in [1.29, 1.82) is 0 Å². The molecule has 0 heterocycles. The molecule has 0 atom stereocenters. The summed E-state index contributed by atoms with van der Waals surface area (Å²) in [5.41, 5.74) is 3.36. The number of aryl methyl sites for hydroxylation is 1. The average Bonchev–Trinajstić information content (AvgIpc) is 2.73. The zero-order valence-corrected chi connectivity index (χ0v) is 15.0. The lowest BCUT2D eigenvalue weighted by Gasteiger charge is -2.10. The highest BCUT2D eigenvalue weighted by molar-refractivity contribution is 5.86. The van der Waals surface area contributed by atoms with Gasteiger partial charge in [-0.15, -0.1) is 0 Å². The zero-order valence-electron chi connectivity index (χ0n) is 15.0. The monoisotopic (exact) mass is 352 g/mol. The van der Waals surface area contributed by atoms with Crippen molar-refractivity contribution in [3.63, 3.8) is 0 Å². The van der Waals surface area contributed by atoms with Crippen LogP contribution in [0.4, 0.5) is 0 Å². The quantitative estimate of drug-likeness (QED) is 0.308. The van der Waals surface area contributed by atoms with Gasteiger partial charge in [-0.2, -0.15) is 0 Å². The number of benzene rings is 4. The lowest BCUT2D eigenvalue weighted by Crippen LogP contribution is -1.92. The Labute approximate surface area is 158 Å². The Morgan fingerprint density at radius 2 is 1.37 bits per heavy atom. The smallest absolute Gasteiger partial charge is 0.297 e. The van der Waals surface area contributed by atoms with Gasteiger partial charge in [-0.25, -0.2) is 0 Å². The molecule has 0 spiro atoms. The van der Waals surface area contributed by atoms with Gasteiger partial charge in [0.05, 0.1) is 6.26 Å². The van der Waals surface area contributed by atoms with Crippen LogP contribution < -0.4 is 0 Å². The SMILES string of the molecule is O=COC=C(CCc1ccc2ccccc2c1)c1ccc2ccccc2c1. The lowest BCUT2D eigenvalue weighted by atomic mass is 9.96. The van der Waals surface area contributed by atoms with E-state index in [9.17, 15) is 4.79 Å². The van der Waals surface area contributed by atoms with E-state index in [2.05, 4.69) is 72.8 Å².